The summed E-state index contributed by atoms with van der Waals surface area (Å²) in [6.07, 6.45) is 3.35. The van der Waals surface area contributed by atoms with Gasteiger partial charge in [-0.15, -0.1) is 0 Å². The number of piperidine rings is 1. The first kappa shape index (κ1) is 15.4. The minimum Gasteiger partial charge on any atom is -0.315 e. The van der Waals surface area contributed by atoms with Gasteiger partial charge >= 0.3 is 0 Å². The highest BCUT2D eigenvalue weighted by Crippen LogP contribution is 2.26. The molecule has 0 radical (unpaired) electrons. The highest BCUT2D eigenvalue weighted by atomic mass is 19.1. The highest BCUT2D eigenvalue weighted by Gasteiger charge is 2.25. The van der Waals surface area contributed by atoms with E-state index in [1.54, 1.807) is 0 Å². The third kappa shape index (κ3) is 3.76. The van der Waals surface area contributed by atoms with Crippen molar-refractivity contribution in [1.82, 2.24) is 10.2 Å². The number of halogens is 2. The zero-order chi connectivity index (χ0) is 14.5. The van der Waals surface area contributed by atoms with Gasteiger partial charge in [-0.2, -0.15) is 0 Å². The summed E-state index contributed by atoms with van der Waals surface area (Å²) in [6.45, 7) is 7.16. The maximum Gasteiger partial charge on any atom is 0.126 e. The van der Waals surface area contributed by atoms with Gasteiger partial charge in [0.05, 0.1) is 0 Å². The molecular weight excluding hydrogens is 258 g/mol. The molecule has 1 N–H and O–H groups in total. The van der Waals surface area contributed by atoms with Gasteiger partial charge in [0.2, 0.25) is 0 Å². The molecule has 1 fully saturated rings. The summed E-state index contributed by atoms with van der Waals surface area (Å²) in [7, 11) is 0. The second kappa shape index (κ2) is 7.14. The largest absolute Gasteiger partial charge is 0.315 e. The average Bonchev–Trinajstić information content (AvgIpc) is 2.44. The van der Waals surface area contributed by atoms with E-state index in [9.17, 15) is 8.78 Å². The second-order valence-electron chi connectivity index (χ2n) is 5.62. The van der Waals surface area contributed by atoms with E-state index in [1.165, 1.54) is 12.1 Å². The van der Waals surface area contributed by atoms with Crippen molar-refractivity contribution in [1.29, 1.82) is 0 Å². The number of rotatable bonds is 5. The number of hydrogen-bond acceptors (Lipinski definition) is 2. The molecule has 20 heavy (non-hydrogen) atoms. The molecule has 1 aliphatic heterocycles. The lowest BCUT2D eigenvalue weighted by molar-refractivity contribution is 0.120. The number of nitrogens with zero attached hydrogens (tertiary/aromatic N) is 1. The molecule has 1 saturated heterocycles. The summed E-state index contributed by atoms with van der Waals surface area (Å²) >= 11 is 0. The fourth-order valence-electron chi connectivity index (χ4n) is 3.07. The van der Waals surface area contributed by atoms with Crippen molar-refractivity contribution in [3.05, 3.63) is 35.4 Å². The van der Waals surface area contributed by atoms with Crippen LogP contribution in [0.2, 0.25) is 0 Å². The van der Waals surface area contributed by atoms with Crippen LogP contribution in [0.3, 0.4) is 0 Å². The minimum absolute atomic E-state index is 0.0325. The molecule has 1 aromatic rings. The number of benzene rings is 1. The topological polar surface area (TPSA) is 15.3 Å². The molecule has 112 valence electrons. The summed E-state index contributed by atoms with van der Waals surface area (Å²) in [5.74, 6) is -0.991. The molecular formula is C16H24F2N2. The van der Waals surface area contributed by atoms with E-state index in [0.717, 1.165) is 50.5 Å². The predicted molar refractivity (Wildman–Crippen MR) is 77.7 cm³/mol. The SMILES string of the molecule is CCCN(C1CCCNC1)C(C)c1cc(F)cc(F)c1. The van der Waals surface area contributed by atoms with Crippen molar-refractivity contribution in [3.63, 3.8) is 0 Å². The van der Waals surface area contributed by atoms with Gasteiger partial charge in [0.1, 0.15) is 11.6 Å². The zero-order valence-electron chi connectivity index (χ0n) is 12.3. The molecule has 1 aliphatic rings. The zero-order valence-corrected chi connectivity index (χ0v) is 12.3. The first-order valence-corrected chi connectivity index (χ1v) is 7.54. The monoisotopic (exact) mass is 282 g/mol. The Kier molecular flexibility index (Phi) is 5.49. The van der Waals surface area contributed by atoms with E-state index in [2.05, 4.69) is 17.1 Å². The normalized spacial score (nSPS) is 21.1. The molecule has 1 aromatic carbocycles. The molecule has 0 amide bonds. The Morgan fingerprint density at radius 3 is 2.55 bits per heavy atom. The average molecular weight is 282 g/mol. The summed E-state index contributed by atoms with van der Waals surface area (Å²) in [5, 5.41) is 3.41. The van der Waals surface area contributed by atoms with E-state index in [0.29, 0.717) is 6.04 Å². The third-order valence-electron chi connectivity index (χ3n) is 4.09. The van der Waals surface area contributed by atoms with Crippen LogP contribution in [0.15, 0.2) is 18.2 Å². The lowest BCUT2D eigenvalue weighted by Gasteiger charge is -2.39. The minimum atomic E-state index is -0.495. The Bertz CT molecular complexity index is 410. The summed E-state index contributed by atoms with van der Waals surface area (Å²) in [5.41, 5.74) is 0.724. The molecule has 0 saturated carbocycles. The van der Waals surface area contributed by atoms with Gasteiger partial charge in [-0.1, -0.05) is 6.92 Å². The Hall–Kier alpha value is -1.00. The van der Waals surface area contributed by atoms with Gasteiger partial charge in [0.25, 0.3) is 0 Å². The Morgan fingerprint density at radius 1 is 1.30 bits per heavy atom. The van der Waals surface area contributed by atoms with Crippen LogP contribution < -0.4 is 5.32 Å². The van der Waals surface area contributed by atoms with Crippen molar-refractivity contribution >= 4 is 0 Å². The van der Waals surface area contributed by atoms with Gasteiger partial charge in [-0.3, -0.25) is 4.90 Å². The van der Waals surface area contributed by atoms with Crippen LogP contribution in [0.1, 0.15) is 44.7 Å². The maximum absolute atomic E-state index is 13.4. The van der Waals surface area contributed by atoms with Crippen molar-refractivity contribution in [2.45, 2.75) is 45.2 Å². The van der Waals surface area contributed by atoms with E-state index in [-0.39, 0.29) is 6.04 Å². The van der Waals surface area contributed by atoms with E-state index in [1.807, 2.05) is 6.92 Å². The van der Waals surface area contributed by atoms with Crippen LogP contribution in [0, 0.1) is 11.6 Å². The Labute approximate surface area is 120 Å². The van der Waals surface area contributed by atoms with Gasteiger partial charge in [-0.25, -0.2) is 8.78 Å². The smallest absolute Gasteiger partial charge is 0.126 e. The summed E-state index contributed by atoms with van der Waals surface area (Å²) in [4.78, 5) is 2.38. The predicted octanol–water partition coefficient (Wildman–Crippen LogP) is 3.49. The fraction of sp³-hybridized carbons (Fsp3) is 0.625. The van der Waals surface area contributed by atoms with Crippen molar-refractivity contribution in [2.75, 3.05) is 19.6 Å². The molecule has 2 nitrogen and oxygen atoms in total. The summed E-state index contributed by atoms with van der Waals surface area (Å²) < 4.78 is 26.8. The van der Waals surface area contributed by atoms with Crippen LogP contribution in [0.5, 0.6) is 0 Å². The second-order valence-corrected chi connectivity index (χ2v) is 5.62. The van der Waals surface area contributed by atoms with Crippen LogP contribution >= 0.6 is 0 Å². The van der Waals surface area contributed by atoms with Crippen LogP contribution in [0.4, 0.5) is 8.78 Å². The summed E-state index contributed by atoms with van der Waals surface area (Å²) in [6, 6.07) is 4.32. The van der Waals surface area contributed by atoms with E-state index in [4.69, 9.17) is 0 Å². The quantitative estimate of drug-likeness (QED) is 0.889. The van der Waals surface area contributed by atoms with Crippen molar-refractivity contribution in [2.24, 2.45) is 0 Å². The molecule has 2 rings (SSSR count). The highest BCUT2D eigenvalue weighted by molar-refractivity contribution is 5.21. The van der Waals surface area contributed by atoms with Crippen molar-refractivity contribution in [3.8, 4) is 0 Å². The van der Waals surface area contributed by atoms with Crippen LogP contribution in [-0.2, 0) is 0 Å². The lowest BCUT2D eigenvalue weighted by Crippen LogP contribution is -2.47. The maximum atomic E-state index is 13.4. The van der Waals surface area contributed by atoms with Crippen LogP contribution in [0.25, 0.3) is 0 Å². The standard InChI is InChI=1S/C16H24F2N2/c1-3-7-20(16-5-4-6-19-11-16)12(2)13-8-14(17)10-15(18)9-13/h8-10,12,16,19H,3-7,11H2,1-2H3. The molecule has 4 heteroatoms. The molecule has 0 aromatic heterocycles. The van der Waals surface area contributed by atoms with Crippen LogP contribution in [-0.4, -0.2) is 30.6 Å². The Morgan fingerprint density at radius 2 is 2.00 bits per heavy atom. The molecule has 1 heterocycles. The molecule has 0 spiro atoms. The third-order valence-corrected chi connectivity index (χ3v) is 4.09. The molecule has 0 aliphatic carbocycles. The first-order valence-electron chi connectivity index (χ1n) is 7.54. The lowest BCUT2D eigenvalue weighted by atomic mass is 9.99. The van der Waals surface area contributed by atoms with Gasteiger partial charge in [0, 0.05) is 24.7 Å². The number of hydrogen-bond donors (Lipinski definition) is 1. The Balaban J connectivity index is 2.18. The van der Waals surface area contributed by atoms with Gasteiger partial charge in [-0.05, 0) is 57.0 Å². The molecule has 2 atom stereocenters. The van der Waals surface area contributed by atoms with E-state index >= 15 is 0 Å². The first-order chi connectivity index (χ1) is 9.61. The van der Waals surface area contributed by atoms with E-state index < -0.39 is 11.6 Å². The number of nitrogens with one attached hydrogen (secondary N) is 1. The molecule has 0 bridgehead atoms. The van der Waals surface area contributed by atoms with Gasteiger partial charge in [0.15, 0.2) is 0 Å². The van der Waals surface area contributed by atoms with Crippen molar-refractivity contribution < 1.29 is 8.78 Å². The fourth-order valence-corrected chi connectivity index (χ4v) is 3.07. The molecule has 2 unspecified atom stereocenters. The van der Waals surface area contributed by atoms with Gasteiger partial charge < -0.3 is 5.32 Å².